The Labute approximate surface area is 131 Å². The van der Waals surface area contributed by atoms with Gasteiger partial charge in [0.1, 0.15) is 5.75 Å². The average molecular weight is 324 g/mol. The van der Waals surface area contributed by atoms with Crippen molar-refractivity contribution in [2.75, 3.05) is 0 Å². The van der Waals surface area contributed by atoms with E-state index < -0.39 is 4.92 Å². The number of halogens is 2. The van der Waals surface area contributed by atoms with Crippen molar-refractivity contribution in [3.63, 3.8) is 0 Å². The van der Waals surface area contributed by atoms with Gasteiger partial charge in [-0.15, -0.1) is 0 Å². The van der Waals surface area contributed by atoms with Gasteiger partial charge in [0.2, 0.25) is 5.75 Å². The van der Waals surface area contributed by atoms with Gasteiger partial charge >= 0.3 is 5.69 Å². The Kier molecular flexibility index (Phi) is 3.74. The number of hydrogen-bond acceptors (Lipinski definition) is 3. The molecule has 0 unspecified atom stereocenters. The van der Waals surface area contributed by atoms with E-state index >= 15 is 0 Å². The first-order valence-electron chi connectivity index (χ1n) is 6.47. The molecule has 0 saturated heterocycles. The Morgan fingerprint density at radius 1 is 1.05 bits per heavy atom. The number of nitro groups is 1. The molecule has 0 atom stereocenters. The highest BCUT2D eigenvalue weighted by molar-refractivity contribution is 6.42. The zero-order valence-electron chi connectivity index (χ0n) is 10.9. The average Bonchev–Trinajstić information content (AvgIpc) is 2.89. The predicted octanol–water partition coefficient (Wildman–Crippen LogP) is 5.18. The SMILES string of the molecule is O=[N+]([O-])c1cc2c(cc1Oc1ccc(Cl)c(Cl)c1)CCC2. The Balaban J connectivity index is 2.01. The summed E-state index contributed by atoms with van der Waals surface area (Å²) >= 11 is 11.8. The van der Waals surface area contributed by atoms with Gasteiger partial charge in [0.25, 0.3) is 0 Å². The summed E-state index contributed by atoms with van der Waals surface area (Å²) in [5.41, 5.74) is 2.11. The molecule has 6 heteroatoms. The lowest BCUT2D eigenvalue weighted by Gasteiger charge is -2.09. The molecule has 3 rings (SSSR count). The number of nitrogens with zero attached hydrogens (tertiary/aromatic N) is 1. The van der Waals surface area contributed by atoms with Crippen molar-refractivity contribution in [3.05, 3.63) is 61.6 Å². The first-order chi connectivity index (χ1) is 10.0. The summed E-state index contributed by atoms with van der Waals surface area (Å²) in [6, 6.07) is 8.13. The van der Waals surface area contributed by atoms with Gasteiger partial charge in [0, 0.05) is 12.1 Å². The molecule has 0 bridgehead atoms. The normalized spacial score (nSPS) is 13.0. The summed E-state index contributed by atoms with van der Waals surface area (Å²) in [6.07, 6.45) is 2.82. The van der Waals surface area contributed by atoms with Gasteiger partial charge in [0.15, 0.2) is 0 Å². The van der Waals surface area contributed by atoms with Crippen molar-refractivity contribution in [1.82, 2.24) is 0 Å². The topological polar surface area (TPSA) is 52.4 Å². The van der Waals surface area contributed by atoms with Crippen LogP contribution < -0.4 is 4.74 Å². The molecular weight excluding hydrogens is 313 g/mol. The van der Waals surface area contributed by atoms with Crippen LogP contribution in [0.2, 0.25) is 10.0 Å². The van der Waals surface area contributed by atoms with E-state index in [9.17, 15) is 10.1 Å². The van der Waals surface area contributed by atoms with E-state index in [0.717, 1.165) is 30.4 Å². The molecule has 0 fully saturated rings. The van der Waals surface area contributed by atoms with E-state index in [4.69, 9.17) is 27.9 Å². The zero-order chi connectivity index (χ0) is 15.0. The van der Waals surface area contributed by atoms with E-state index in [0.29, 0.717) is 15.8 Å². The van der Waals surface area contributed by atoms with Crippen molar-refractivity contribution in [2.45, 2.75) is 19.3 Å². The van der Waals surface area contributed by atoms with Gasteiger partial charge in [-0.2, -0.15) is 0 Å². The largest absolute Gasteiger partial charge is 0.450 e. The van der Waals surface area contributed by atoms with E-state index in [-0.39, 0.29) is 11.4 Å². The van der Waals surface area contributed by atoms with Crippen LogP contribution in [0.4, 0.5) is 5.69 Å². The maximum atomic E-state index is 11.2. The summed E-state index contributed by atoms with van der Waals surface area (Å²) in [5.74, 6) is 0.657. The molecule has 0 aliphatic heterocycles. The van der Waals surface area contributed by atoms with Gasteiger partial charge in [-0.3, -0.25) is 10.1 Å². The number of fused-ring (bicyclic) bond motifs is 1. The van der Waals surface area contributed by atoms with Crippen LogP contribution in [0.25, 0.3) is 0 Å². The number of hydrogen-bond donors (Lipinski definition) is 0. The molecule has 0 amide bonds. The van der Waals surface area contributed by atoms with Gasteiger partial charge in [0.05, 0.1) is 15.0 Å². The van der Waals surface area contributed by atoms with E-state index in [1.165, 1.54) is 0 Å². The summed E-state index contributed by atoms with van der Waals surface area (Å²) < 4.78 is 5.65. The lowest BCUT2D eigenvalue weighted by molar-refractivity contribution is -0.385. The van der Waals surface area contributed by atoms with Gasteiger partial charge in [-0.05, 0) is 48.6 Å². The lowest BCUT2D eigenvalue weighted by Crippen LogP contribution is -1.96. The first kappa shape index (κ1) is 14.2. The molecule has 2 aromatic carbocycles. The highest BCUT2D eigenvalue weighted by Gasteiger charge is 2.22. The highest BCUT2D eigenvalue weighted by atomic mass is 35.5. The van der Waals surface area contributed by atoms with Gasteiger partial charge in [-0.25, -0.2) is 0 Å². The second-order valence-electron chi connectivity index (χ2n) is 4.88. The Morgan fingerprint density at radius 2 is 1.76 bits per heavy atom. The molecule has 21 heavy (non-hydrogen) atoms. The molecule has 108 valence electrons. The van der Waals surface area contributed by atoms with Crippen molar-refractivity contribution in [3.8, 4) is 11.5 Å². The minimum Gasteiger partial charge on any atom is -0.450 e. The molecule has 0 spiro atoms. The summed E-state index contributed by atoms with van der Waals surface area (Å²) in [6.45, 7) is 0. The lowest BCUT2D eigenvalue weighted by atomic mass is 10.1. The monoisotopic (exact) mass is 323 g/mol. The van der Waals surface area contributed by atoms with E-state index in [1.807, 2.05) is 0 Å². The Bertz CT molecular complexity index is 731. The molecule has 4 nitrogen and oxygen atoms in total. The molecule has 1 aliphatic carbocycles. The molecular formula is C15H11Cl2NO3. The fraction of sp³-hybridized carbons (Fsp3) is 0.200. The third-order valence-corrected chi connectivity index (χ3v) is 4.23. The van der Waals surface area contributed by atoms with E-state index in [1.54, 1.807) is 30.3 Å². The smallest absolute Gasteiger partial charge is 0.311 e. The molecule has 0 aromatic heterocycles. The number of rotatable bonds is 3. The first-order valence-corrected chi connectivity index (χ1v) is 7.23. The van der Waals surface area contributed by atoms with E-state index in [2.05, 4.69) is 0 Å². The minimum absolute atomic E-state index is 0.0262. The molecule has 0 N–H and O–H groups in total. The summed E-state index contributed by atoms with van der Waals surface area (Å²) in [4.78, 5) is 10.8. The number of aryl methyl sites for hydroxylation is 2. The maximum absolute atomic E-state index is 11.2. The molecule has 0 heterocycles. The number of ether oxygens (including phenoxy) is 1. The van der Waals surface area contributed by atoms with Crippen LogP contribution in [0.5, 0.6) is 11.5 Å². The summed E-state index contributed by atoms with van der Waals surface area (Å²) in [5, 5.41) is 12.0. The fourth-order valence-corrected chi connectivity index (χ4v) is 2.77. The van der Waals surface area contributed by atoms with Crippen LogP contribution in [0.15, 0.2) is 30.3 Å². The van der Waals surface area contributed by atoms with Crippen LogP contribution in [0.1, 0.15) is 17.5 Å². The van der Waals surface area contributed by atoms with Crippen molar-refractivity contribution < 1.29 is 9.66 Å². The van der Waals surface area contributed by atoms with Crippen molar-refractivity contribution in [1.29, 1.82) is 0 Å². The van der Waals surface area contributed by atoms with Gasteiger partial charge < -0.3 is 4.74 Å². The predicted molar refractivity (Wildman–Crippen MR) is 81.7 cm³/mol. The quantitative estimate of drug-likeness (QED) is 0.577. The van der Waals surface area contributed by atoms with Crippen LogP contribution in [-0.2, 0) is 12.8 Å². The third-order valence-electron chi connectivity index (χ3n) is 3.49. The number of nitro benzene ring substituents is 1. The zero-order valence-corrected chi connectivity index (χ0v) is 12.4. The fourth-order valence-electron chi connectivity index (χ4n) is 2.48. The van der Waals surface area contributed by atoms with Crippen molar-refractivity contribution >= 4 is 28.9 Å². The Morgan fingerprint density at radius 3 is 2.43 bits per heavy atom. The second-order valence-corrected chi connectivity index (χ2v) is 5.69. The van der Waals surface area contributed by atoms with Crippen LogP contribution in [0.3, 0.4) is 0 Å². The van der Waals surface area contributed by atoms with Crippen molar-refractivity contribution in [2.24, 2.45) is 0 Å². The molecule has 1 aliphatic rings. The van der Waals surface area contributed by atoms with Crippen LogP contribution in [-0.4, -0.2) is 4.92 Å². The second kappa shape index (κ2) is 5.54. The molecule has 0 saturated carbocycles. The third kappa shape index (κ3) is 2.82. The summed E-state index contributed by atoms with van der Waals surface area (Å²) in [7, 11) is 0. The molecule has 0 radical (unpaired) electrons. The highest BCUT2D eigenvalue weighted by Crippen LogP contribution is 2.38. The van der Waals surface area contributed by atoms with Crippen LogP contribution >= 0.6 is 23.2 Å². The number of benzene rings is 2. The maximum Gasteiger partial charge on any atom is 0.311 e. The standard InChI is InChI=1S/C15H11Cl2NO3/c16-12-5-4-11(8-13(12)17)21-15-7-10-3-1-2-9(10)6-14(15)18(19)20/h4-8H,1-3H2. The van der Waals surface area contributed by atoms with Gasteiger partial charge in [-0.1, -0.05) is 23.2 Å². The Hall–Kier alpha value is -1.78. The van der Waals surface area contributed by atoms with Crippen LogP contribution in [0, 0.1) is 10.1 Å². The molecule has 2 aromatic rings. The minimum atomic E-state index is -0.425.